The van der Waals surface area contributed by atoms with Crippen LogP contribution in [0.25, 0.3) is 0 Å². The molecule has 0 aromatic heterocycles. The van der Waals surface area contributed by atoms with Crippen LogP contribution in [0.4, 0.5) is 4.39 Å². The molecule has 0 bridgehead atoms. The third-order valence-electron chi connectivity index (χ3n) is 13.4. The average molecular weight is 1120 g/mol. The molecule has 5 aliphatic rings. The number of hydrogen-bond acceptors (Lipinski definition) is 28. The molecule has 0 aliphatic carbocycles. The molecular weight excluding hydrogens is 1050 g/mol. The lowest BCUT2D eigenvalue weighted by Crippen LogP contribution is -2.64. The van der Waals surface area contributed by atoms with Gasteiger partial charge in [-0.15, -0.1) is 5.06 Å². The summed E-state index contributed by atoms with van der Waals surface area (Å²) < 4.78 is 60.1. The van der Waals surface area contributed by atoms with Gasteiger partial charge in [-0.3, -0.25) is 28.9 Å². The summed E-state index contributed by atoms with van der Waals surface area (Å²) in [7, 11) is 0. The fourth-order valence-electron chi connectivity index (χ4n) is 8.86. The van der Waals surface area contributed by atoms with Crippen molar-refractivity contribution in [3.63, 3.8) is 0 Å². The van der Waals surface area contributed by atoms with E-state index in [-0.39, 0.29) is 64.0 Å². The van der Waals surface area contributed by atoms with E-state index in [4.69, 9.17) is 42.7 Å². The number of hydroxylamine groups is 2. The summed E-state index contributed by atoms with van der Waals surface area (Å²) in [5.41, 5.74) is 0. The van der Waals surface area contributed by atoms with Crippen molar-refractivity contribution in [2.45, 2.75) is 194 Å². The number of imide groups is 1. The van der Waals surface area contributed by atoms with Gasteiger partial charge in [-0.25, -0.2) is 9.18 Å². The maximum atomic E-state index is 16.3. The Morgan fingerprint density at radius 2 is 1.09 bits per heavy atom. The number of nitrogens with one attached hydrogen (secondary N) is 1. The van der Waals surface area contributed by atoms with E-state index >= 15 is 4.39 Å². The van der Waals surface area contributed by atoms with Crippen molar-refractivity contribution in [1.29, 1.82) is 0 Å². The van der Waals surface area contributed by atoms with Crippen LogP contribution in [0.1, 0.15) is 71.1 Å². The summed E-state index contributed by atoms with van der Waals surface area (Å²) in [6.45, 7) is -3.26. The molecule has 3 amide bonds. The first kappa shape index (κ1) is 64.3. The summed E-state index contributed by atoms with van der Waals surface area (Å²) in [5, 5.41) is 126. The lowest BCUT2D eigenvalue weighted by atomic mass is 9.97. The number of alkyl halides is 1. The SMILES string of the molecule is C[C@@H]1O[C@@H](OCCCC(=O)CN(CC(=O)CCCCCCC(=O)ON2C(=O)CCC2=O)CC(=O)NCCO[C@@H]2O[C@H](CO[C@H]3O[C@H](CO)[C@@H](O)[C@H](O)[C@@H]3O)[C@@H](O)[C@H](O[C@H]3O[C@H](CO)[C@@H](O)[C@H](O)[C@@H]3O)[C@H]2F)[C@@H](O)[C@H](O)[C@@H]1O. The second kappa shape index (κ2) is 30.9. The van der Waals surface area contributed by atoms with Crippen LogP contribution >= 0.6 is 0 Å². The average Bonchev–Trinajstić information content (AvgIpc) is 3.72. The Bertz CT molecular complexity index is 1890. The Labute approximate surface area is 440 Å². The van der Waals surface area contributed by atoms with Crippen LogP contribution in [0.5, 0.6) is 0 Å². The normalized spacial score (nSPS) is 36.8. The summed E-state index contributed by atoms with van der Waals surface area (Å²) >= 11 is 0. The molecule has 5 heterocycles. The third-order valence-corrected chi connectivity index (χ3v) is 13.4. The van der Waals surface area contributed by atoms with Gasteiger partial charge in [0.05, 0.1) is 58.8 Å². The highest BCUT2D eigenvalue weighted by atomic mass is 19.1. The van der Waals surface area contributed by atoms with Gasteiger partial charge in [0, 0.05) is 38.6 Å². The number of aliphatic hydroxyl groups excluding tert-OH is 12. The minimum Gasteiger partial charge on any atom is -0.394 e. The number of carbonyl (C=O) groups excluding carboxylic acids is 6. The Morgan fingerprint density at radius 1 is 0.584 bits per heavy atom. The molecular formula is C46H74FN3O27. The lowest BCUT2D eigenvalue weighted by Gasteiger charge is -2.46. The second-order valence-electron chi connectivity index (χ2n) is 19.4. The Morgan fingerprint density at radius 3 is 1.69 bits per heavy atom. The molecule has 0 unspecified atom stereocenters. The number of ether oxygens (including phenoxy) is 8. The number of unbranched alkanes of at least 4 members (excludes halogenated alkanes) is 3. The molecule has 30 nitrogen and oxygen atoms in total. The molecule has 442 valence electrons. The van der Waals surface area contributed by atoms with Gasteiger partial charge in [0.15, 0.2) is 31.3 Å². The van der Waals surface area contributed by atoms with Crippen LogP contribution in [-0.2, 0) is 71.5 Å². The molecule has 20 atom stereocenters. The zero-order chi connectivity index (χ0) is 56.7. The molecule has 31 heteroatoms. The van der Waals surface area contributed by atoms with Gasteiger partial charge >= 0.3 is 5.97 Å². The Kier molecular flexibility index (Phi) is 25.8. The van der Waals surface area contributed by atoms with E-state index in [1.165, 1.54) is 11.8 Å². The van der Waals surface area contributed by atoms with E-state index in [2.05, 4.69) is 5.32 Å². The fourth-order valence-corrected chi connectivity index (χ4v) is 8.86. The van der Waals surface area contributed by atoms with Crippen LogP contribution in [0, 0.1) is 0 Å². The predicted octanol–water partition coefficient (Wildman–Crippen LogP) is -7.44. The van der Waals surface area contributed by atoms with E-state index in [0.29, 0.717) is 30.7 Å². The van der Waals surface area contributed by atoms with Crippen LogP contribution in [-0.4, -0.2) is 289 Å². The van der Waals surface area contributed by atoms with Crippen LogP contribution < -0.4 is 5.32 Å². The van der Waals surface area contributed by atoms with Crippen molar-refractivity contribution < 1.29 is 137 Å². The monoisotopic (exact) mass is 1120 g/mol. The number of halogens is 1. The quantitative estimate of drug-likeness (QED) is 0.0235. The fraction of sp³-hybridized carbons (Fsp3) is 0.870. The zero-order valence-corrected chi connectivity index (χ0v) is 42.2. The molecule has 77 heavy (non-hydrogen) atoms. The molecule has 13 N–H and O–H groups in total. The number of aliphatic hydroxyl groups is 12. The highest BCUT2D eigenvalue weighted by Crippen LogP contribution is 2.32. The van der Waals surface area contributed by atoms with E-state index < -0.39 is 192 Å². The number of ketones is 2. The second-order valence-corrected chi connectivity index (χ2v) is 19.4. The first-order valence-electron chi connectivity index (χ1n) is 25.4. The predicted molar refractivity (Wildman–Crippen MR) is 246 cm³/mol. The van der Waals surface area contributed by atoms with Crippen LogP contribution in [0.2, 0.25) is 0 Å². The molecule has 5 aliphatic heterocycles. The Hall–Kier alpha value is -3.49. The number of nitrogens with zero attached hydrogens (tertiary/aromatic N) is 2. The van der Waals surface area contributed by atoms with Gasteiger partial charge in [-0.05, 0) is 26.2 Å². The summed E-state index contributed by atoms with van der Waals surface area (Å²) in [6.07, 6.45) is -33.2. The van der Waals surface area contributed by atoms with Crippen LogP contribution in [0.15, 0.2) is 0 Å². The first-order chi connectivity index (χ1) is 36.6. The molecule has 5 fully saturated rings. The Balaban J connectivity index is 1.15. The van der Waals surface area contributed by atoms with E-state index in [9.17, 15) is 90.0 Å². The third kappa shape index (κ3) is 18.0. The standard InChI is InChI=1S/C46H74FN3O27/c1-21-32(59)36(63)39(66)44(72-21)69-13-6-8-23(54)16-49(15-22(53)7-4-2-3-5-9-30(58)77-50-28(56)10-11-29(50)57)17-27(55)48-12-14-70-43-31(47)42(76-46-41(68)38(65)34(61)25(19-52)74-46)35(62)26(75-43)20-71-45-40(67)37(64)33(60)24(18-51)73-45/h21,24-26,31-46,51-52,59-68H,2-20H2,1H3,(H,48,55)/t21-,24+,25+,26+,31+,32+,33+,34+,35+,36+,37-,38-,39-,40-,41-,42+,43+,44+,45-,46+/m0/s1. The number of hydrogen-bond donors (Lipinski definition) is 13. The van der Waals surface area contributed by atoms with E-state index in [1.807, 2.05) is 0 Å². The summed E-state index contributed by atoms with van der Waals surface area (Å²) in [6, 6.07) is 0. The maximum absolute atomic E-state index is 16.3. The highest BCUT2D eigenvalue weighted by Gasteiger charge is 2.53. The van der Waals surface area contributed by atoms with Crippen molar-refractivity contribution in [3.8, 4) is 0 Å². The van der Waals surface area contributed by atoms with Crippen molar-refractivity contribution in [2.75, 3.05) is 59.2 Å². The number of carbonyl (C=O) groups is 6. The molecule has 0 aromatic rings. The van der Waals surface area contributed by atoms with Crippen molar-refractivity contribution in [1.82, 2.24) is 15.3 Å². The zero-order valence-electron chi connectivity index (χ0n) is 42.2. The van der Waals surface area contributed by atoms with Crippen molar-refractivity contribution >= 4 is 35.3 Å². The lowest BCUT2D eigenvalue weighted by molar-refractivity contribution is -0.359. The largest absolute Gasteiger partial charge is 0.394 e. The van der Waals surface area contributed by atoms with Gasteiger partial charge in [0.2, 0.25) is 5.91 Å². The minimum absolute atomic E-state index is 0.0219. The van der Waals surface area contributed by atoms with E-state index in [0.717, 1.165) is 0 Å². The highest BCUT2D eigenvalue weighted by molar-refractivity contribution is 6.01. The van der Waals surface area contributed by atoms with Gasteiger partial charge < -0.3 is 109 Å². The van der Waals surface area contributed by atoms with E-state index in [1.54, 1.807) is 0 Å². The summed E-state index contributed by atoms with van der Waals surface area (Å²) in [4.78, 5) is 81.3. The summed E-state index contributed by atoms with van der Waals surface area (Å²) in [5.74, 6) is -3.48. The van der Waals surface area contributed by atoms with Crippen molar-refractivity contribution in [3.05, 3.63) is 0 Å². The van der Waals surface area contributed by atoms with Gasteiger partial charge in [0.25, 0.3) is 11.8 Å². The number of rotatable bonds is 30. The maximum Gasteiger partial charge on any atom is 0.333 e. The molecule has 0 aromatic carbocycles. The smallest absolute Gasteiger partial charge is 0.333 e. The van der Waals surface area contributed by atoms with Crippen molar-refractivity contribution in [2.24, 2.45) is 0 Å². The molecule has 0 saturated carbocycles. The molecule has 0 spiro atoms. The topological polar surface area (TPSA) is 447 Å². The van der Waals surface area contributed by atoms with Gasteiger partial charge in [-0.1, -0.05) is 12.8 Å². The van der Waals surface area contributed by atoms with Crippen LogP contribution in [0.3, 0.4) is 0 Å². The van der Waals surface area contributed by atoms with Gasteiger partial charge in [-0.2, -0.15) is 0 Å². The number of amides is 3. The number of Topliss-reactive ketones (excluding diaryl/α,β-unsaturated/α-hetero) is 2. The molecule has 0 radical (unpaired) electrons. The first-order valence-corrected chi connectivity index (χ1v) is 25.4. The minimum atomic E-state index is -2.45. The van der Waals surface area contributed by atoms with Gasteiger partial charge in [0.1, 0.15) is 97.0 Å². The molecule has 5 saturated heterocycles. The molecule has 5 rings (SSSR count).